The molecule has 1 aliphatic heterocycles. The van der Waals surface area contributed by atoms with Gasteiger partial charge in [-0.25, -0.2) is 14.6 Å². The summed E-state index contributed by atoms with van der Waals surface area (Å²) >= 11 is 3.50. The largest absolute Gasteiger partial charge is 0.357 e. The number of hydrogen-bond donors (Lipinski definition) is 2. The van der Waals surface area contributed by atoms with Crippen LogP contribution in [0.4, 0.5) is 0 Å². The van der Waals surface area contributed by atoms with Gasteiger partial charge in [-0.2, -0.15) is 5.10 Å². The summed E-state index contributed by atoms with van der Waals surface area (Å²) in [5, 5.41) is 13.5. The molecule has 1 unspecified atom stereocenters. The topological polar surface area (TPSA) is 80.0 Å². The molecule has 1 aliphatic rings. The van der Waals surface area contributed by atoms with Crippen molar-refractivity contribution in [3.8, 4) is 0 Å². The molecule has 0 saturated heterocycles. The van der Waals surface area contributed by atoms with Gasteiger partial charge in [-0.3, -0.25) is 4.99 Å². The fourth-order valence-corrected chi connectivity index (χ4v) is 4.47. The van der Waals surface area contributed by atoms with Crippen LogP contribution in [0.25, 0.3) is 0 Å². The first-order chi connectivity index (χ1) is 12.8. The van der Waals surface area contributed by atoms with Crippen LogP contribution < -0.4 is 10.6 Å². The standard InChI is InChI=1S/C17H27N7S2.HI/c1-3-14-22-15-7-6-13(12-24(15)23-14)21-16(18-4-2)19-8-5-10-25-17-20-9-11-26-17;/h9,11,13H,3-8,10,12H2,1-2H3,(H2,18,19,21);1H. The molecule has 0 bridgehead atoms. The Labute approximate surface area is 186 Å². The van der Waals surface area contributed by atoms with Crippen molar-refractivity contribution in [3.05, 3.63) is 23.2 Å². The van der Waals surface area contributed by atoms with E-state index in [1.54, 1.807) is 23.1 Å². The van der Waals surface area contributed by atoms with Gasteiger partial charge in [-0.1, -0.05) is 18.7 Å². The first kappa shape index (κ1) is 22.4. The minimum Gasteiger partial charge on any atom is -0.357 e. The number of nitrogens with zero attached hydrogens (tertiary/aromatic N) is 5. The van der Waals surface area contributed by atoms with Crippen LogP contribution in [0.2, 0.25) is 0 Å². The van der Waals surface area contributed by atoms with Gasteiger partial charge < -0.3 is 10.6 Å². The van der Waals surface area contributed by atoms with E-state index in [1.807, 2.05) is 16.3 Å². The summed E-state index contributed by atoms with van der Waals surface area (Å²) in [6, 6.07) is 0.344. The number of halogens is 1. The van der Waals surface area contributed by atoms with E-state index in [2.05, 4.69) is 39.5 Å². The van der Waals surface area contributed by atoms with Crippen LogP contribution in [-0.2, 0) is 19.4 Å². The Morgan fingerprint density at radius 1 is 1.44 bits per heavy atom. The molecular formula is C17H28IN7S2. The third-order valence-corrected chi connectivity index (χ3v) is 6.16. The normalized spacial score (nSPS) is 16.5. The van der Waals surface area contributed by atoms with E-state index in [9.17, 15) is 0 Å². The van der Waals surface area contributed by atoms with E-state index >= 15 is 0 Å². The molecule has 0 spiro atoms. The molecule has 2 aromatic rings. The average Bonchev–Trinajstić information content (AvgIpc) is 3.30. The maximum atomic E-state index is 4.72. The van der Waals surface area contributed by atoms with E-state index < -0.39 is 0 Å². The maximum absolute atomic E-state index is 4.72. The fraction of sp³-hybridized carbons (Fsp3) is 0.647. The summed E-state index contributed by atoms with van der Waals surface area (Å²) in [6.07, 6.45) is 5.81. The minimum absolute atomic E-state index is 0. The first-order valence-electron chi connectivity index (χ1n) is 9.28. The van der Waals surface area contributed by atoms with Crippen LogP contribution in [0.1, 0.15) is 38.3 Å². The Bertz CT molecular complexity index is 702. The molecule has 0 amide bonds. The molecular weight excluding hydrogens is 493 g/mol. The van der Waals surface area contributed by atoms with Crippen molar-refractivity contribution in [1.29, 1.82) is 0 Å². The highest BCUT2D eigenvalue weighted by Crippen LogP contribution is 2.20. The van der Waals surface area contributed by atoms with Crippen LogP contribution >= 0.6 is 47.1 Å². The monoisotopic (exact) mass is 521 g/mol. The van der Waals surface area contributed by atoms with Gasteiger partial charge in [0.1, 0.15) is 10.2 Å². The van der Waals surface area contributed by atoms with Crippen molar-refractivity contribution < 1.29 is 0 Å². The molecule has 0 aromatic carbocycles. The van der Waals surface area contributed by atoms with E-state index in [0.717, 1.165) is 73.0 Å². The Morgan fingerprint density at radius 3 is 3.07 bits per heavy atom. The Hall–Kier alpha value is -0.880. The third-order valence-electron chi connectivity index (χ3n) is 4.11. The lowest BCUT2D eigenvalue weighted by atomic mass is 10.1. The summed E-state index contributed by atoms with van der Waals surface area (Å²) in [4.78, 5) is 13.6. The summed E-state index contributed by atoms with van der Waals surface area (Å²) in [5.41, 5.74) is 0. The predicted octanol–water partition coefficient (Wildman–Crippen LogP) is 2.97. The van der Waals surface area contributed by atoms with Crippen molar-refractivity contribution in [2.75, 3.05) is 18.8 Å². The number of hydrogen-bond acceptors (Lipinski definition) is 6. The summed E-state index contributed by atoms with van der Waals surface area (Å²) in [6.45, 7) is 6.72. The van der Waals surface area contributed by atoms with Gasteiger partial charge in [0.15, 0.2) is 11.8 Å². The minimum atomic E-state index is 0. The SMILES string of the molecule is CCNC(=NCCCSc1nccs1)NC1CCc2nc(CC)nn2C1.I. The lowest BCUT2D eigenvalue weighted by Gasteiger charge is -2.25. The quantitative estimate of drug-likeness (QED) is 0.183. The van der Waals surface area contributed by atoms with E-state index in [4.69, 9.17) is 4.99 Å². The average molecular weight is 521 g/mol. The second kappa shape index (κ2) is 11.8. The van der Waals surface area contributed by atoms with Gasteiger partial charge in [0.2, 0.25) is 0 Å². The molecule has 2 N–H and O–H groups in total. The van der Waals surface area contributed by atoms with Crippen molar-refractivity contribution in [1.82, 2.24) is 30.4 Å². The molecule has 2 aromatic heterocycles. The number of aryl methyl sites for hydroxylation is 2. The Kier molecular flexibility index (Phi) is 9.83. The van der Waals surface area contributed by atoms with Crippen LogP contribution in [-0.4, -0.2) is 50.6 Å². The van der Waals surface area contributed by atoms with Gasteiger partial charge in [0.05, 0.1) is 6.54 Å². The number of thioether (sulfide) groups is 1. The first-order valence-corrected chi connectivity index (χ1v) is 11.1. The molecule has 150 valence electrons. The summed E-state index contributed by atoms with van der Waals surface area (Å²) in [7, 11) is 0. The summed E-state index contributed by atoms with van der Waals surface area (Å²) < 4.78 is 3.19. The van der Waals surface area contributed by atoms with E-state index in [0.29, 0.717) is 6.04 Å². The number of nitrogens with one attached hydrogen (secondary N) is 2. The van der Waals surface area contributed by atoms with Gasteiger partial charge in [-0.15, -0.1) is 35.3 Å². The Balaban J connectivity index is 0.00000261. The van der Waals surface area contributed by atoms with Crippen LogP contribution in [0.5, 0.6) is 0 Å². The number of guanidine groups is 1. The maximum Gasteiger partial charge on any atom is 0.191 e. The lowest BCUT2D eigenvalue weighted by Crippen LogP contribution is -2.47. The number of fused-ring (bicyclic) bond motifs is 1. The molecule has 10 heteroatoms. The smallest absolute Gasteiger partial charge is 0.191 e. The third kappa shape index (κ3) is 6.90. The molecule has 3 heterocycles. The zero-order valence-corrected chi connectivity index (χ0v) is 19.8. The molecule has 7 nitrogen and oxygen atoms in total. The van der Waals surface area contributed by atoms with E-state index in [1.165, 1.54) is 0 Å². The zero-order chi connectivity index (χ0) is 18.2. The fourth-order valence-electron chi connectivity index (χ4n) is 2.84. The molecule has 27 heavy (non-hydrogen) atoms. The highest BCUT2D eigenvalue weighted by molar-refractivity contribution is 14.0. The number of thiazole rings is 1. The van der Waals surface area contributed by atoms with Gasteiger partial charge in [0.25, 0.3) is 0 Å². The lowest BCUT2D eigenvalue weighted by molar-refractivity contribution is 0.392. The highest BCUT2D eigenvalue weighted by atomic mass is 127. The number of aliphatic imine (C=N–C) groups is 1. The van der Waals surface area contributed by atoms with Crippen molar-refractivity contribution in [2.45, 2.75) is 56.5 Å². The molecule has 0 radical (unpaired) electrons. The molecule has 0 aliphatic carbocycles. The second-order valence-electron chi connectivity index (χ2n) is 6.12. The number of aromatic nitrogens is 4. The van der Waals surface area contributed by atoms with Crippen molar-refractivity contribution in [3.63, 3.8) is 0 Å². The molecule has 1 atom stereocenters. The zero-order valence-electron chi connectivity index (χ0n) is 15.8. The van der Waals surface area contributed by atoms with Crippen LogP contribution in [0, 0.1) is 0 Å². The second-order valence-corrected chi connectivity index (χ2v) is 8.36. The molecule has 3 rings (SSSR count). The summed E-state index contributed by atoms with van der Waals surface area (Å²) in [5.74, 6) is 4.00. The van der Waals surface area contributed by atoms with Crippen molar-refractivity contribution >= 4 is 53.0 Å². The molecule has 0 saturated carbocycles. The Morgan fingerprint density at radius 2 is 2.33 bits per heavy atom. The highest BCUT2D eigenvalue weighted by Gasteiger charge is 2.21. The molecule has 0 fully saturated rings. The van der Waals surface area contributed by atoms with Gasteiger partial charge in [-0.05, 0) is 19.8 Å². The predicted molar refractivity (Wildman–Crippen MR) is 123 cm³/mol. The van der Waals surface area contributed by atoms with E-state index in [-0.39, 0.29) is 24.0 Å². The van der Waals surface area contributed by atoms with Crippen LogP contribution in [0.15, 0.2) is 20.9 Å². The van der Waals surface area contributed by atoms with Gasteiger partial charge in [0, 0.05) is 49.3 Å². The van der Waals surface area contributed by atoms with Gasteiger partial charge >= 0.3 is 0 Å². The number of rotatable bonds is 8. The van der Waals surface area contributed by atoms with Crippen LogP contribution in [0.3, 0.4) is 0 Å². The van der Waals surface area contributed by atoms with Crippen molar-refractivity contribution in [2.24, 2.45) is 4.99 Å².